The van der Waals surface area contributed by atoms with Gasteiger partial charge in [-0.05, 0) is 29.7 Å². The summed E-state index contributed by atoms with van der Waals surface area (Å²) in [5, 5.41) is 0.410. The molecule has 1 amide bonds. The molecule has 0 aromatic heterocycles. The highest BCUT2D eigenvalue weighted by Crippen LogP contribution is 2.37. The van der Waals surface area contributed by atoms with Gasteiger partial charge >= 0.3 is 0 Å². The van der Waals surface area contributed by atoms with E-state index in [1.165, 1.54) is 21.8 Å². The lowest BCUT2D eigenvalue weighted by atomic mass is 10.1. The number of benzene rings is 1. The third-order valence-corrected chi connectivity index (χ3v) is 7.61. The fraction of sp³-hybridized carbons (Fsp3) is 0.591. The summed E-state index contributed by atoms with van der Waals surface area (Å²) in [6, 6.07) is 3.48. The van der Waals surface area contributed by atoms with Crippen molar-refractivity contribution in [2.45, 2.75) is 27.7 Å². The van der Waals surface area contributed by atoms with Gasteiger partial charge in [0.05, 0.1) is 18.7 Å². The molecular weight excluding hydrogens is 454 g/mol. The molecular formula is C22H34ClN3O5S. The van der Waals surface area contributed by atoms with Crippen molar-refractivity contribution in [2.75, 3.05) is 53.0 Å². The quantitative estimate of drug-likeness (QED) is 0.474. The Morgan fingerprint density at radius 2 is 1.81 bits per heavy atom. The average molecular weight is 488 g/mol. The Morgan fingerprint density at radius 1 is 1.19 bits per heavy atom. The van der Waals surface area contributed by atoms with E-state index in [9.17, 15) is 13.2 Å². The lowest BCUT2D eigenvalue weighted by Crippen LogP contribution is -2.53. The molecule has 0 spiro atoms. The largest absolute Gasteiger partial charge is 0.493 e. The number of amides is 1. The zero-order valence-corrected chi connectivity index (χ0v) is 21.1. The molecule has 0 saturated carbocycles. The molecule has 1 fully saturated rings. The molecule has 0 unspecified atom stereocenters. The predicted octanol–water partition coefficient (Wildman–Crippen LogP) is 3.13. The van der Waals surface area contributed by atoms with Crippen LogP contribution in [0.2, 0.25) is 5.02 Å². The molecule has 1 aromatic rings. The van der Waals surface area contributed by atoms with Gasteiger partial charge in [-0.25, -0.2) is 0 Å². The molecule has 10 heteroatoms. The second-order valence-corrected chi connectivity index (χ2v) is 10.2. The Morgan fingerprint density at radius 3 is 2.34 bits per heavy atom. The Labute approximate surface area is 196 Å². The average Bonchev–Trinajstić information content (AvgIpc) is 2.76. The van der Waals surface area contributed by atoms with Crippen LogP contribution in [0.15, 0.2) is 18.2 Å². The van der Waals surface area contributed by atoms with Gasteiger partial charge in [0, 0.05) is 45.3 Å². The number of halogens is 1. The van der Waals surface area contributed by atoms with Crippen LogP contribution in [-0.2, 0) is 15.0 Å². The van der Waals surface area contributed by atoms with Crippen molar-refractivity contribution >= 4 is 33.8 Å². The van der Waals surface area contributed by atoms with Crippen LogP contribution in [0, 0.1) is 5.92 Å². The summed E-state index contributed by atoms with van der Waals surface area (Å²) in [5.74, 6) is 1.15. The maximum Gasteiger partial charge on any atom is 0.282 e. The number of piperazine rings is 1. The van der Waals surface area contributed by atoms with Gasteiger partial charge in [-0.3, -0.25) is 4.79 Å². The van der Waals surface area contributed by atoms with Gasteiger partial charge in [-0.15, -0.1) is 0 Å². The Balaban J connectivity index is 2.03. The molecule has 0 N–H and O–H groups in total. The van der Waals surface area contributed by atoms with E-state index in [0.29, 0.717) is 60.8 Å². The molecule has 180 valence electrons. The third-order valence-electron chi connectivity index (χ3n) is 5.14. The zero-order valence-electron chi connectivity index (χ0n) is 19.5. The molecule has 1 saturated heterocycles. The smallest absolute Gasteiger partial charge is 0.282 e. The maximum absolute atomic E-state index is 12.6. The summed E-state index contributed by atoms with van der Waals surface area (Å²) in [5.41, 5.74) is 0.708. The predicted molar refractivity (Wildman–Crippen MR) is 127 cm³/mol. The van der Waals surface area contributed by atoms with E-state index in [4.69, 9.17) is 21.1 Å². The van der Waals surface area contributed by atoms with Crippen LogP contribution in [0.4, 0.5) is 0 Å². The van der Waals surface area contributed by atoms with Gasteiger partial charge in [-0.2, -0.15) is 17.0 Å². The summed E-state index contributed by atoms with van der Waals surface area (Å²) in [4.78, 5) is 14.3. The number of hydrogen-bond acceptors (Lipinski definition) is 5. The lowest BCUT2D eigenvalue weighted by molar-refractivity contribution is -0.127. The monoisotopic (exact) mass is 487 g/mol. The standard InChI is InChI=1S/C22H34ClN3O5S/c1-6-25(7-2)32(28,29)26-12-10-24(11-13-26)21(27)9-8-18-14-19(23)22(20(15-18)30-5)31-16-17(3)4/h8-9,14-15,17H,6-7,10-13,16H2,1-5H3. The van der Waals surface area contributed by atoms with Gasteiger partial charge in [0.1, 0.15) is 0 Å². The van der Waals surface area contributed by atoms with Crippen LogP contribution in [-0.4, -0.2) is 80.8 Å². The lowest BCUT2D eigenvalue weighted by Gasteiger charge is -2.35. The number of carbonyl (C=O) groups is 1. The van der Waals surface area contributed by atoms with Crippen LogP contribution in [0.3, 0.4) is 0 Å². The number of nitrogens with zero attached hydrogens (tertiary/aromatic N) is 3. The van der Waals surface area contributed by atoms with E-state index in [-0.39, 0.29) is 19.0 Å². The third kappa shape index (κ3) is 6.60. The number of methoxy groups -OCH3 is 1. The summed E-state index contributed by atoms with van der Waals surface area (Å²) >= 11 is 6.37. The van der Waals surface area contributed by atoms with Crippen LogP contribution in [0.5, 0.6) is 11.5 Å². The maximum atomic E-state index is 12.6. The normalized spacial score (nSPS) is 15.7. The molecule has 1 aliphatic heterocycles. The van der Waals surface area contributed by atoms with Crippen LogP contribution >= 0.6 is 11.6 Å². The van der Waals surface area contributed by atoms with Gasteiger partial charge < -0.3 is 14.4 Å². The highest BCUT2D eigenvalue weighted by Gasteiger charge is 2.31. The van der Waals surface area contributed by atoms with E-state index >= 15 is 0 Å². The van der Waals surface area contributed by atoms with Crippen molar-refractivity contribution in [1.82, 2.24) is 13.5 Å². The van der Waals surface area contributed by atoms with Crippen molar-refractivity contribution < 1.29 is 22.7 Å². The fourth-order valence-corrected chi connectivity index (χ4v) is 5.23. The van der Waals surface area contributed by atoms with E-state index in [2.05, 4.69) is 0 Å². The van der Waals surface area contributed by atoms with Crippen molar-refractivity contribution in [3.8, 4) is 11.5 Å². The number of carbonyl (C=O) groups excluding carboxylic acids is 1. The van der Waals surface area contributed by atoms with Crippen molar-refractivity contribution in [3.05, 3.63) is 28.8 Å². The van der Waals surface area contributed by atoms with Crippen LogP contribution in [0.25, 0.3) is 6.08 Å². The highest BCUT2D eigenvalue weighted by molar-refractivity contribution is 7.86. The first kappa shape index (κ1) is 26.4. The second-order valence-electron chi connectivity index (χ2n) is 7.89. The number of ether oxygens (including phenoxy) is 2. The van der Waals surface area contributed by atoms with Gasteiger partial charge in [0.25, 0.3) is 10.2 Å². The van der Waals surface area contributed by atoms with Crippen molar-refractivity contribution in [2.24, 2.45) is 5.92 Å². The number of rotatable bonds is 10. The SMILES string of the molecule is CCN(CC)S(=O)(=O)N1CCN(C(=O)C=Cc2cc(Cl)c(OCC(C)C)c(OC)c2)CC1. The minimum Gasteiger partial charge on any atom is -0.493 e. The van der Waals surface area contributed by atoms with Gasteiger partial charge in [0.15, 0.2) is 11.5 Å². The van der Waals surface area contributed by atoms with Gasteiger partial charge in [0.2, 0.25) is 5.91 Å². The minimum absolute atomic E-state index is 0.180. The van der Waals surface area contributed by atoms with E-state index in [1.54, 1.807) is 23.1 Å². The van der Waals surface area contributed by atoms with Crippen molar-refractivity contribution in [3.63, 3.8) is 0 Å². The van der Waals surface area contributed by atoms with Crippen molar-refractivity contribution in [1.29, 1.82) is 0 Å². The summed E-state index contributed by atoms with van der Waals surface area (Å²) in [6.07, 6.45) is 3.14. The number of hydrogen-bond donors (Lipinski definition) is 0. The zero-order chi connectivity index (χ0) is 23.9. The Kier molecular flexibility index (Phi) is 9.82. The summed E-state index contributed by atoms with van der Waals surface area (Å²) in [6.45, 7) is 10.3. The van der Waals surface area contributed by atoms with E-state index in [1.807, 2.05) is 27.7 Å². The molecule has 0 radical (unpaired) electrons. The van der Waals surface area contributed by atoms with Gasteiger partial charge in [-0.1, -0.05) is 39.3 Å². The fourth-order valence-electron chi connectivity index (χ4n) is 3.35. The molecule has 0 bridgehead atoms. The first-order chi connectivity index (χ1) is 15.1. The molecule has 0 atom stereocenters. The topological polar surface area (TPSA) is 79.4 Å². The first-order valence-corrected chi connectivity index (χ1v) is 12.6. The molecule has 1 aromatic carbocycles. The molecule has 2 rings (SSSR count). The Hall–Kier alpha value is -1.81. The summed E-state index contributed by atoms with van der Waals surface area (Å²) < 4.78 is 39.3. The Bertz CT molecular complexity index is 908. The minimum atomic E-state index is -3.49. The van der Waals surface area contributed by atoms with E-state index < -0.39 is 10.2 Å². The first-order valence-electron chi connectivity index (χ1n) is 10.9. The molecule has 1 heterocycles. The highest BCUT2D eigenvalue weighted by atomic mass is 35.5. The summed E-state index contributed by atoms with van der Waals surface area (Å²) in [7, 11) is -1.95. The second kappa shape index (κ2) is 11.9. The molecule has 1 aliphatic rings. The van der Waals surface area contributed by atoms with Crippen LogP contribution < -0.4 is 9.47 Å². The van der Waals surface area contributed by atoms with E-state index in [0.717, 1.165) is 0 Å². The molecule has 8 nitrogen and oxygen atoms in total. The van der Waals surface area contributed by atoms with Crippen LogP contribution in [0.1, 0.15) is 33.3 Å². The molecule has 32 heavy (non-hydrogen) atoms. The molecule has 0 aliphatic carbocycles.